The van der Waals surface area contributed by atoms with Gasteiger partial charge in [-0.3, -0.25) is 0 Å². The van der Waals surface area contributed by atoms with Gasteiger partial charge in [0.15, 0.2) is 0 Å². The fourth-order valence-electron chi connectivity index (χ4n) is 2.17. The van der Waals surface area contributed by atoms with Crippen molar-refractivity contribution in [1.82, 2.24) is 4.98 Å². The van der Waals surface area contributed by atoms with E-state index >= 15 is 0 Å². The summed E-state index contributed by atoms with van der Waals surface area (Å²) in [5, 5.41) is 10.5. The number of hydrogen-bond acceptors (Lipinski definition) is 4. The lowest BCUT2D eigenvalue weighted by Crippen LogP contribution is -1.99. The van der Waals surface area contributed by atoms with E-state index in [-0.39, 0.29) is 0 Å². The highest BCUT2D eigenvalue weighted by Gasteiger charge is 2.19. The Bertz CT molecular complexity index is 661. The first-order valence-corrected chi connectivity index (χ1v) is 8.95. The van der Waals surface area contributed by atoms with Gasteiger partial charge < -0.3 is 0 Å². The molecule has 2 aromatic rings. The van der Waals surface area contributed by atoms with Crippen LogP contribution in [0, 0.1) is 18.3 Å². The van der Waals surface area contributed by atoms with Crippen molar-refractivity contribution >= 4 is 23.5 Å². The molecule has 2 nitrogen and oxygen atoms in total. The molecule has 0 amide bonds. The van der Waals surface area contributed by atoms with Gasteiger partial charge in [-0.05, 0) is 24.0 Å². The Kier molecular flexibility index (Phi) is 5.72. The van der Waals surface area contributed by atoms with E-state index < -0.39 is 0 Å². The standard InChI is InChI=1S/C17H18N2S2/c1-4-20-16-14(11-18)12(3)19-17(21-5-2)15(16)13-9-7-6-8-10-13/h6-10H,4-5H2,1-3H3. The lowest BCUT2D eigenvalue weighted by atomic mass is 10.0. The molecule has 0 fully saturated rings. The summed E-state index contributed by atoms with van der Waals surface area (Å²) in [6.07, 6.45) is 0. The van der Waals surface area contributed by atoms with Gasteiger partial charge in [-0.15, -0.1) is 23.5 Å². The number of nitriles is 1. The molecular formula is C17H18N2S2. The summed E-state index contributed by atoms with van der Waals surface area (Å²) in [6.45, 7) is 6.16. The quantitative estimate of drug-likeness (QED) is 0.715. The highest BCUT2D eigenvalue weighted by molar-refractivity contribution is 8.00. The van der Waals surface area contributed by atoms with Crippen molar-refractivity contribution in [2.75, 3.05) is 11.5 Å². The average molecular weight is 314 g/mol. The second-order valence-corrected chi connectivity index (χ2v) is 6.95. The first kappa shape index (κ1) is 15.9. The molecule has 0 aliphatic heterocycles. The minimum atomic E-state index is 0.709. The molecule has 2 rings (SSSR count). The molecule has 0 spiro atoms. The van der Waals surface area contributed by atoms with E-state index in [2.05, 4.69) is 37.0 Å². The Morgan fingerprint density at radius 2 is 1.76 bits per heavy atom. The predicted molar refractivity (Wildman–Crippen MR) is 91.9 cm³/mol. The monoisotopic (exact) mass is 314 g/mol. The summed E-state index contributed by atoms with van der Waals surface area (Å²) in [7, 11) is 0. The molecule has 0 radical (unpaired) electrons. The van der Waals surface area contributed by atoms with Gasteiger partial charge in [0.2, 0.25) is 0 Å². The number of benzene rings is 1. The van der Waals surface area contributed by atoms with Gasteiger partial charge in [-0.25, -0.2) is 4.98 Å². The van der Waals surface area contributed by atoms with Crippen molar-refractivity contribution < 1.29 is 0 Å². The number of hydrogen-bond donors (Lipinski definition) is 0. The first-order valence-electron chi connectivity index (χ1n) is 6.98. The van der Waals surface area contributed by atoms with Crippen molar-refractivity contribution in [2.45, 2.75) is 30.7 Å². The molecule has 1 aromatic heterocycles. The Balaban J connectivity index is 2.77. The molecule has 21 heavy (non-hydrogen) atoms. The van der Waals surface area contributed by atoms with Crippen LogP contribution in [-0.2, 0) is 0 Å². The van der Waals surface area contributed by atoms with Gasteiger partial charge in [0.1, 0.15) is 11.1 Å². The number of aromatic nitrogens is 1. The van der Waals surface area contributed by atoms with Crippen LogP contribution in [0.25, 0.3) is 11.1 Å². The zero-order valence-corrected chi connectivity index (χ0v) is 14.1. The third-order valence-electron chi connectivity index (χ3n) is 3.04. The van der Waals surface area contributed by atoms with Crippen LogP contribution in [-0.4, -0.2) is 16.5 Å². The van der Waals surface area contributed by atoms with Gasteiger partial charge in [-0.1, -0.05) is 44.2 Å². The maximum absolute atomic E-state index is 9.51. The second kappa shape index (κ2) is 7.53. The van der Waals surface area contributed by atoms with Crippen LogP contribution in [0.5, 0.6) is 0 Å². The van der Waals surface area contributed by atoms with E-state index in [0.29, 0.717) is 5.56 Å². The molecule has 0 N–H and O–H groups in total. The van der Waals surface area contributed by atoms with E-state index in [1.165, 1.54) is 0 Å². The molecule has 0 atom stereocenters. The molecule has 1 heterocycles. The molecule has 108 valence electrons. The Morgan fingerprint density at radius 3 is 2.33 bits per heavy atom. The summed E-state index contributed by atoms with van der Waals surface area (Å²) < 4.78 is 0. The molecule has 0 aliphatic carbocycles. The Labute approximate surface area is 135 Å². The zero-order valence-electron chi connectivity index (χ0n) is 12.5. The van der Waals surface area contributed by atoms with Gasteiger partial charge in [-0.2, -0.15) is 5.26 Å². The molecule has 0 saturated heterocycles. The van der Waals surface area contributed by atoms with Crippen molar-refractivity contribution in [3.63, 3.8) is 0 Å². The molecule has 4 heteroatoms. The van der Waals surface area contributed by atoms with Crippen LogP contribution in [0.4, 0.5) is 0 Å². The molecule has 1 aromatic carbocycles. The predicted octanol–water partition coefficient (Wildman–Crippen LogP) is 5.15. The SMILES string of the molecule is CCSc1nc(C)c(C#N)c(SCC)c1-c1ccccc1. The highest BCUT2D eigenvalue weighted by Crippen LogP contribution is 2.40. The van der Waals surface area contributed by atoms with Crippen molar-refractivity contribution in [3.8, 4) is 17.2 Å². The number of rotatable bonds is 5. The molecule has 0 aliphatic rings. The van der Waals surface area contributed by atoms with Crippen LogP contribution in [0.2, 0.25) is 0 Å². The minimum Gasteiger partial charge on any atom is -0.245 e. The number of nitrogens with zero attached hydrogens (tertiary/aromatic N) is 2. The number of thioether (sulfide) groups is 2. The zero-order chi connectivity index (χ0) is 15.2. The summed E-state index contributed by atoms with van der Waals surface area (Å²) in [6, 6.07) is 12.6. The lowest BCUT2D eigenvalue weighted by molar-refractivity contribution is 1.02. The number of pyridine rings is 1. The van der Waals surface area contributed by atoms with Gasteiger partial charge in [0, 0.05) is 10.5 Å². The van der Waals surface area contributed by atoms with E-state index in [0.717, 1.165) is 38.2 Å². The third kappa shape index (κ3) is 3.42. The maximum Gasteiger partial charge on any atom is 0.105 e. The van der Waals surface area contributed by atoms with Crippen LogP contribution in [0.15, 0.2) is 40.3 Å². The van der Waals surface area contributed by atoms with Gasteiger partial charge >= 0.3 is 0 Å². The van der Waals surface area contributed by atoms with Gasteiger partial charge in [0.25, 0.3) is 0 Å². The summed E-state index contributed by atoms with van der Waals surface area (Å²) in [4.78, 5) is 5.74. The summed E-state index contributed by atoms with van der Waals surface area (Å²) in [5.74, 6) is 1.91. The first-order chi connectivity index (χ1) is 10.2. The normalized spacial score (nSPS) is 10.4. The largest absolute Gasteiger partial charge is 0.245 e. The minimum absolute atomic E-state index is 0.709. The summed E-state index contributed by atoms with van der Waals surface area (Å²) >= 11 is 3.46. The Morgan fingerprint density at radius 1 is 1.10 bits per heavy atom. The van der Waals surface area contributed by atoms with E-state index in [1.54, 1.807) is 23.5 Å². The highest BCUT2D eigenvalue weighted by atomic mass is 32.2. The molecule has 0 saturated carbocycles. The fraction of sp³-hybridized carbons (Fsp3) is 0.294. The van der Waals surface area contributed by atoms with Crippen LogP contribution in [0.3, 0.4) is 0 Å². The van der Waals surface area contributed by atoms with Crippen LogP contribution in [0.1, 0.15) is 25.1 Å². The van der Waals surface area contributed by atoms with Gasteiger partial charge in [0.05, 0.1) is 11.3 Å². The van der Waals surface area contributed by atoms with Crippen LogP contribution >= 0.6 is 23.5 Å². The summed E-state index contributed by atoms with van der Waals surface area (Å²) in [5.41, 5.74) is 3.77. The molecule has 0 bridgehead atoms. The van der Waals surface area contributed by atoms with Crippen LogP contribution < -0.4 is 0 Å². The smallest absolute Gasteiger partial charge is 0.105 e. The topological polar surface area (TPSA) is 36.7 Å². The number of aryl methyl sites for hydroxylation is 1. The van der Waals surface area contributed by atoms with E-state index in [1.807, 2.05) is 25.1 Å². The van der Waals surface area contributed by atoms with E-state index in [9.17, 15) is 5.26 Å². The third-order valence-corrected chi connectivity index (χ3v) is 4.89. The maximum atomic E-state index is 9.51. The molecule has 0 unspecified atom stereocenters. The van der Waals surface area contributed by atoms with Crippen molar-refractivity contribution in [2.24, 2.45) is 0 Å². The fourth-order valence-corrected chi connectivity index (χ4v) is 4.06. The average Bonchev–Trinajstić information content (AvgIpc) is 2.49. The van der Waals surface area contributed by atoms with Crippen molar-refractivity contribution in [3.05, 3.63) is 41.6 Å². The lowest BCUT2D eigenvalue weighted by Gasteiger charge is -2.16. The Hall–Kier alpha value is -1.44. The second-order valence-electron chi connectivity index (χ2n) is 4.43. The van der Waals surface area contributed by atoms with Crippen molar-refractivity contribution in [1.29, 1.82) is 5.26 Å². The van der Waals surface area contributed by atoms with E-state index in [4.69, 9.17) is 0 Å². The molecular weight excluding hydrogens is 296 g/mol.